The van der Waals surface area contributed by atoms with Gasteiger partial charge in [-0.25, -0.2) is 0 Å². The van der Waals surface area contributed by atoms with Crippen LogP contribution < -0.4 is 0 Å². The van der Waals surface area contributed by atoms with Crippen molar-refractivity contribution in [1.82, 2.24) is 0 Å². The van der Waals surface area contributed by atoms with Gasteiger partial charge in [0, 0.05) is 16.7 Å². The van der Waals surface area contributed by atoms with E-state index in [1.165, 1.54) is 0 Å². The van der Waals surface area contributed by atoms with Crippen LogP contribution in [0.25, 0.3) is 0 Å². The van der Waals surface area contributed by atoms with Crippen molar-refractivity contribution in [2.24, 2.45) is 34.5 Å². The number of aliphatic hydroxyl groups excluding tert-OH is 1. The normalized spacial score (nSPS) is 47.3. The van der Waals surface area contributed by atoms with Gasteiger partial charge < -0.3 is 20.4 Å². The molecule has 0 spiro atoms. The van der Waals surface area contributed by atoms with Crippen molar-refractivity contribution in [3.05, 3.63) is 11.6 Å². The number of allylic oxidation sites excluding steroid dienone is 1. The van der Waals surface area contributed by atoms with Crippen LogP contribution in [0.5, 0.6) is 0 Å². The Morgan fingerprint density at radius 1 is 1.00 bits per heavy atom. The molecule has 4 rings (SSSR count). The number of hydrogen-bond acceptors (Lipinski definition) is 5. The summed E-state index contributed by atoms with van der Waals surface area (Å²) >= 11 is 0. The Hall–Kier alpha value is -0.750. The molecule has 0 aromatic rings. The first-order valence-electron chi connectivity index (χ1n) is 13.2. The predicted molar refractivity (Wildman–Crippen MR) is 128 cm³/mol. The lowest BCUT2D eigenvalue weighted by atomic mass is 9.44. The summed E-state index contributed by atoms with van der Waals surface area (Å²) in [4.78, 5) is 13.3. The molecular formula is C28H46O5. The molecule has 0 saturated heterocycles. The lowest BCUT2D eigenvalue weighted by Crippen LogP contribution is -2.68. The van der Waals surface area contributed by atoms with Gasteiger partial charge in [0.25, 0.3) is 0 Å². The average Bonchev–Trinajstić information content (AvgIpc) is 3.00. The van der Waals surface area contributed by atoms with Crippen molar-refractivity contribution in [3.63, 3.8) is 0 Å². The molecule has 0 aromatic carbocycles. The van der Waals surface area contributed by atoms with Gasteiger partial charge in [0.2, 0.25) is 0 Å². The molecule has 33 heavy (non-hydrogen) atoms. The highest BCUT2D eigenvalue weighted by molar-refractivity contribution is 5.95. The number of hydrogen-bond donors (Lipinski definition) is 4. The SMILES string of the molecule is CC(CCC(C)C(C)(C)O)C1CCC2(O)C3=CC(=O)C4CC(O)CCC4(C)C3(O)CCC12C. The zero-order valence-corrected chi connectivity index (χ0v) is 21.5. The van der Waals surface area contributed by atoms with Gasteiger partial charge >= 0.3 is 0 Å². The second-order valence-corrected chi connectivity index (χ2v) is 13.3. The Morgan fingerprint density at radius 3 is 2.27 bits per heavy atom. The molecule has 9 unspecified atom stereocenters. The second-order valence-electron chi connectivity index (χ2n) is 13.3. The van der Waals surface area contributed by atoms with E-state index in [9.17, 15) is 25.2 Å². The fourth-order valence-corrected chi connectivity index (χ4v) is 8.30. The Morgan fingerprint density at radius 2 is 1.64 bits per heavy atom. The van der Waals surface area contributed by atoms with Crippen LogP contribution in [0.1, 0.15) is 99.3 Å². The van der Waals surface area contributed by atoms with Gasteiger partial charge in [-0.15, -0.1) is 0 Å². The van der Waals surface area contributed by atoms with E-state index in [2.05, 4.69) is 20.8 Å². The molecule has 0 amide bonds. The second kappa shape index (κ2) is 7.88. The highest BCUT2D eigenvalue weighted by Gasteiger charge is 2.71. The minimum atomic E-state index is -1.20. The third kappa shape index (κ3) is 3.51. The van der Waals surface area contributed by atoms with E-state index < -0.39 is 28.3 Å². The Balaban J connectivity index is 1.64. The van der Waals surface area contributed by atoms with E-state index in [0.717, 1.165) is 25.7 Å². The third-order valence-corrected chi connectivity index (χ3v) is 11.3. The van der Waals surface area contributed by atoms with Gasteiger partial charge in [-0.3, -0.25) is 4.79 Å². The van der Waals surface area contributed by atoms with Gasteiger partial charge in [-0.05, 0) is 94.6 Å². The molecule has 4 aliphatic rings. The maximum atomic E-state index is 13.3. The van der Waals surface area contributed by atoms with Crippen LogP contribution in [0.2, 0.25) is 0 Å². The van der Waals surface area contributed by atoms with Crippen LogP contribution >= 0.6 is 0 Å². The summed E-state index contributed by atoms with van der Waals surface area (Å²) in [5, 5.41) is 45.0. The van der Waals surface area contributed by atoms with Crippen molar-refractivity contribution in [3.8, 4) is 0 Å². The standard InChI is InChI=1S/C28H46O5/c1-17(7-8-18(2)24(3,4)31)20-10-12-27(32)23-16-22(30)21-15-19(29)9-11-25(21,5)28(23,33)14-13-26(20,27)6/h16-21,29,31-33H,7-15H2,1-6H3. The summed E-state index contributed by atoms with van der Waals surface area (Å²) in [5.41, 5.74) is -3.55. The molecular weight excluding hydrogens is 416 g/mol. The van der Waals surface area contributed by atoms with E-state index in [-0.39, 0.29) is 23.0 Å². The lowest BCUT2D eigenvalue weighted by molar-refractivity contribution is -0.192. The Labute approximate surface area is 199 Å². The van der Waals surface area contributed by atoms with E-state index in [1.807, 2.05) is 20.8 Å². The minimum absolute atomic E-state index is 0.0379. The first kappa shape index (κ1) is 25.3. The number of ketones is 1. The number of fused-ring (bicyclic) bond motifs is 5. The number of aliphatic hydroxyl groups is 4. The Bertz CT molecular complexity index is 829. The monoisotopic (exact) mass is 462 g/mol. The zero-order chi connectivity index (χ0) is 24.6. The van der Waals surface area contributed by atoms with Crippen molar-refractivity contribution in [1.29, 1.82) is 0 Å². The average molecular weight is 463 g/mol. The molecule has 0 aliphatic heterocycles. The number of rotatable bonds is 5. The van der Waals surface area contributed by atoms with Crippen molar-refractivity contribution >= 4 is 5.78 Å². The van der Waals surface area contributed by atoms with Crippen molar-refractivity contribution in [2.75, 3.05) is 0 Å². The molecule has 9 atom stereocenters. The summed E-state index contributed by atoms with van der Waals surface area (Å²) in [7, 11) is 0. The molecule has 3 saturated carbocycles. The van der Waals surface area contributed by atoms with Gasteiger partial charge in [0.1, 0.15) is 0 Å². The van der Waals surface area contributed by atoms with Crippen LogP contribution in [-0.4, -0.2) is 49.1 Å². The van der Waals surface area contributed by atoms with Crippen LogP contribution in [0, 0.1) is 34.5 Å². The minimum Gasteiger partial charge on any atom is -0.393 e. The summed E-state index contributed by atoms with van der Waals surface area (Å²) in [6.07, 6.45) is 7.32. The maximum absolute atomic E-state index is 13.3. The molecule has 5 heteroatoms. The van der Waals surface area contributed by atoms with Gasteiger partial charge in [-0.1, -0.05) is 34.1 Å². The third-order valence-electron chi connectivity index (χ3n) is 11.3. The van der Waals surface area contributed by atoms with Crippen LogP contribution in [0.3, 0.4) is 0 Å². The van der Waals surface area contributed by atoms with Crippen LogP contribution in [0.4, 0.5) is 0 Å². The molecule has 5 nitrogen and oxygen atoms in total. The van der Waals surface area contributed by atoms with Crippen molar-refractivity contribution < 1.29 is 25.2 Å². The van der Waals surface area contributed by atoms with Crippen LogP contribution in [-0.2, 0) is 4.79 Å². The van der Waals surface area contributed by atoms with Gasteiger partial charge in [-0.2, -0.15) is 0 Å². The molecule has 0 heterocycles. The van der Waals surface area contributed by atoms with Gasteiger partial charge in [0.15, 0.2) is 5.78 Å². The van der Waals surface area contributed by atoms with E-state index in [1.54, 1.807) is 6.08 Å². The van der Waals surface area contributed by atoms with Gasteiger partial charge in [0.05, 0.1) is 22.9 Å². The molecule has 188 valence electrons. The first-order valence-corrected chi connectivity index (χ1v) is 13.2. The molecule has 3 fully saturated rings. The Kier molecular flexibility index (Phi) is 6.05. The van der Waals surface area contributed by atoms with E-state index in [0.29, 0.717) is 49.5 Å². The topological polar surface area (TPSA) is 98.0 Å². The smallest absolute Gasteiger partial charge is 0.159 e. The van der Waals surface area contributed by atoms with Crippen LogP contribution in [0.15, 0.2) is 11.6 Å². The summed E-state index contributed by atoms with van der Waals surface area (Å²) in [6, 6.07) is 0. The highest BCUT2D eigenvalue weighted by atomic mass is 16.3. The fraction of sp³-hybridized carbons (Fsp3) is 0.893. The molecule has 4 N–H and O–H groups in total. The summed E-state index contributed by atoms with van der Waals surface area (Å²) in [6.45, 7) is 12.3. The molecule has 0 bridgehead atoms. The van der Waals surface area contributed by atoms with E-state index >= 15 is 0 Å². The molecule has 4 aliphatic carbocycles. The van der Waals surface area contributed by atoms with Crippen molar-refractivity contribution in [2.45, 2.75) is 122 Å². The predicted octanol–water partition coefficient (Wildman–Crippen LogP) is 4.16. The fourth-order valence-electron chi connectivity index (χ4n) is 8.30. The number of carbonyl (C=O) groups excluding carboxylic acids is 1. The van der Waals surface area contributed by atoms with E-state index in [4.69, 9.17) is 0 Å². The highest BCUT2D eigenvalue weighted by Crippen LogP contribution is 2.69. The summed E-state index contributed by atoms with van der Waals surface area (Å²) < 4.78 is 0. The zero-order valence-electron chi connectivity index (χ0n) is 21.5. The lowest BCUT2D eigenvalue weighted by Gasteiger charge is -2.63. The maximum Gasteiger partial charge on any atom is 0.159 e. The number of carbonyl (C=O) groups is 1. The summed E-state index contributed by atoms with van der Waals surface area (Å²) in [5.74, 6) is 0.456. The quantitative estimate of drug-likeness (QED) is 0.492. The molecule has 0 radical (unpaired) electrons. The largest absolute Gasteiger partial charge is 0.393 e. The molecule has 0 aromatic heterocycles. The first-order chi connectivity index (χ1) is 15.1.